The van der Waals surface area contributed by atoms with E-state index >= 15 is 0 Å². The first kappa shape index (κ1) is 17.7. The molecule has 2 N–H and O–H groups in total. The molecule has 1 atom stereocenters. The summed E-state index contributed by atoms with van der Waals surface area (Å²) in [5.41, 5.74) is 0.739. The molecule has 0 saturated carbocycles. The summed E-state index contributed by atoms with van der Waals surface area (Å²) in [5.74, 6) is 0. The Hall–Kier alpha value is -1.62. The molecular weight excluding hydrogens is 309 g/mol. The number of benzene rings is 1. The highest BCUT2D eigenvalue weighted by Gasteiger charge is 2.36. The fourth-order valence-electron chi connectivity index (χ4n) is 2.83. The number of ether oxygens (including phenoxy) is 1. The molecule has 0 aromatic heterocycles. The Balaban J connectivity index is 2.14. The molecular formula is C16H19F3N2O2. The number of hydrogen-bond donors (Lipinski definition) is 2. The minimum atomic E-state index is -4.40. The predicted octanol–water partition coefficient (Wildman–Crippen LogP) is 2.47. The zero-order valence-corrected chi connectivity index (χ0v) is 12.6. The standard InChI is InChI=1S/C16H19F3N2O2/c17-16(18,19)9-14(22)11-21-15(4-6-23-7-5-15)13-3-1-2-12(8-13)10-20/h1-3,8,14,21-22H,4-7,9,11H2. The molecule has 126 valence electrons. The summed E-state index contributed by atoms with van der Waals surface area (Å²) in [7, 11) is 0. The van der Waals surface area contributed by atoms with Crippen molar-refractivity contribution >= 4 is 0 Å². The average molecular weight is 328 g/mol. The summed E-state index contributed by atoms with van der Waals surface area (Å²) in [6, 6.07) is 9.06. The van der Waals surface area contributed by atoms with Crippen molar-refractivity contribution in [3.63, 3.8) is 0 Å². The van der Waals surface area contributed by atoms with Gasteiger partial charge in [0.05, 0.1) is 24.2 Å². The molecule has 4 nitrogen and oxygen atoms in total. The van der Waals surface area contributed by atoms with Crippen LogP contribution >= 0.6 is 0 Å². The van der Waals surface area contributed by atoms with Crippen LogP contribution in [0.3, 0.4) is 0 Å². The Morgan fingerprint density at radius 3 is 2.65 bits per heavy atom. The SMILES string of the molecule is N#Cc1cccc(C2(NCC(O)CC(F)(F)F)CCOCC2)c1. The summed E-state index contributed by atoms with van der Waals surface area (Å²) in [6.45, 7) is 0.772. The van der Waals surface area contributed by atoms with Gasteiger partial charge in [-0.25, -0.2) is 0 Å². The second kappa shape index (κ2) is 7.30. The minimum Gasteiger partial charge on any atom is -0.391 e. The Kier molecular flexibility index (Phi) is 5.63. The van der Waals surface area contributed by atoms with E-state index in [0.717, 1.165) is 5.56 Å². The number of aliphatic hydroxyl groups excluding tert-OH is 1. The van der Waals surface area contributed by atoms with Crippen molar-refractivity contribution in [3.05, 3.63) is 35.4 Å². The van der Waals surface area contributed by atoms with Crippen LogP contribution < -0.4 is 5.32 Å². The van der Waals surface area contributed by atoms with E-state index < -0.39 is 24.2 Å². The van der Waals surface area contributed by atoms with Crippen LogP contribution in [-0.4, -0.2) is 37.1 Å². The molecule has 1 aliphatic heterocycles. The molecule has 0 bridgehead atoms. The van der Waals surface area contributed by atoms with Crippen molar-refractivity contribution in [2.24, 2.45) is 0 Å². The van der Waals surface area contributed by atoms with E-state index in [1.165, 1.54) is 0 Å². The van der Waals surface area contributed by atoms with E-state index in [2.05, 4.69) is 11.4 Å². The summed E-state index contributed by atoms with van der Waals surface area (Å²) < 4.78 is 42.4. The van der Waals surface area contributed by atoms with Gasteiger partial charge >= 0.3 is 6.18 Å². The number of alkyl halides is 3. The molecule has 1 aromatic carbocycles. The van der Waals surface area contributed by atoms with Crippen molar-refractivity contribution in [1.82, 2.24) is 5.32 Å². The second-order valence-corrected chi connectivity index (χ2v) is 5.74. The summed E-state index contributed by atoms with van der Waals surface area (Å²) >= 11 is 0. The van der Waals surface area contributed by atoms with Gasteiger partial charge in [0, 0.05) is 25.3 Å². The molecule has 1 unspecified atom stereocenters. The zero-order chi connectivity index (χ0) is 16.9. The van der Waals surface area contributed by atoms with Gasteiger partial charge < -0.3 is 15.2 Å². The maximum Gasteiger partial charge on any atom is 0.391 e. The van der Waals surface area contributed by atoms with E-state index in [-0.39, 0.29) is 6.54 Å². The number of halogens is 3. The normalized spacial score (nSPS) is 19.1. The van der Waals surface area contributed by atoms with Gasteiger partial charge in [-0.2, -0.15) is 18.4 Å². The predicted molar refractivity (Wildman–Crippen MR) is 77.6 cm³/mol. The molecule has 0 aliphatic carbocycles. The van der Waals surface area contributed by atoms with Crippen LogP contribution in [0.5, 0.6) is 0 Å². The first-order valence-corrected chi connectivity index (χ1v) is 7.43. The van der Waals surface area contributed by atoms with Crippen LogP contribution in [0, 0.1) is 11.3 Å². The lowest BCUT2D eigenvalue weighted by atomic mass is 9.82. The summed E-state index contributed by atoms with van der Waals surface area (Å²) in [4.78, 5) is 0. The van der Waals surface area contributed by atoms with Gasteiger partial charge in [0.2, 0.25) is 0 Å². The van der Waals surface area contributed by atoms with Crippen molar-refractivity contribution in [2.45, 2.75) is 37.1 Å². The fourth-order valence-corrected chi connectivity index (χ4v) is 2.83. The maximum atomic E-state index is 12.3. The highest BCUT2D eigenvalue weighted by atomic mass is 19.4. The molecule has 1 saturated heterocycles. The van der Waals surface area contributed by atoms with Crippen LogP contribution in [0.2, 0.25) is 0 Å². The fraction of sp³-hybridized carbons (Fsp3) is 0.562. The smallest absolute Gasteiger partial charge is 0.391 e. The molecule has 0 amide bonds. The molecule has 1 aliphatic rings. The van der Waals surface area contributed by atoms with E-state index in [1.54, 1.807) is 18.2 Å². The van der Waals surface area contributed by atoms with E-state index in [0.29, 0.717) is 31.6 Å². The summed E-state index contributed by atoms with van der Waals surface area (Å²) in [5, 5.41) is 21.7. The van der Waals surface area contributed by atoms with Crippen LogP contribution in [0.25, 0.3) is 0 Å². The van der Waals surface area contributed by atoms with Gasteiger partial charge in [0.15, 0.2) is 0 Å². The third-order valence-corrected chi connectivity index (χ3v) is 4.03. The zero-order valence-electron chi connectivity index (χ0n) is 12.6. The van der Waals surface area contributed by atoms with Gasteiger partial charge in [-0.3, -0.25) is 0 Å². The van der Waals surface area contributed by atoms with Crippen molar-refractivity contribution in [3.8, 4) is 6.07 Å². The monoisotopic (exact) mass is 328 g/mol. The topological polar surface area (TPSA) is 65.3 Å². The van der Waals surface area contributed by atoms with Gasteiger partial charge in [0.25, 0.3) is 0 Å². The summed E-state index contributed by atoms with van der Waals surface area (Å²) in [6.07, 6.45) is -6.01. The van der Waals surface area contributed by atoms with Gasteiger partial charge in [0.1, 0.15) is 0 Å². The largest absolute Gasteiger partial charge is 0.391 e. The molecule has 0 spiro atoms. The highest BCUT2D eigenvalue weighted by Crippen LogP contribution is 2.33. The maximum absolute atomic E-state index is 12.3. The molecule has 23 heavy (non-hydrogen) atoms. The average Bonchev–Trinajstić information content (AvgIpc) is 2.52. The van der Waals surface area contributed by atoms with Crippen molar-refractivity contribution < 1.29 is 23.0 Å². The van der Waals surface area contributed by atoms with Gasteiger partial charge in [-0.05, 0) is 30.5 Å². The molecule has 1 fully saturated rings. The molecule has 1 heterocycles. The number of hydrogen-bond acceptors (Lipinski definition) is 4. The lowest BCUT2D eigenvalue weighted by Gasteiger charge is -2.39. The molecule has 1 aromatic rings. The van der Waals surface area contributed by atoms with E-state index in [1.807, 2.05) is 6.07 Å². The quantitative estimate of drug-likeness (QED) is 0.871. The number of nitrogens with zero attached hydrogens (tertiary/aromatic N) is 1. The van der Waals surface area contributed by atoms with Crippen molar-refractivity contribution in [1.29, 1.82) is 5.26 Å². The molecule has 7 heteroatoms. The molecule has 2 rings (SSSR count). The Morgan fingerprint density at radius 1 is 1.35 bits per heavy atom. The number of aliphatic hydroxyl groups is 1. The Labute approximate surface area is 132 Å². The van der Waals surface area contributed by atoms with E-state index in [4.69, 9.17) is 10.00 Å². The number of rotatable bonds is 5. The third kappa shape index (κ3) is 4.93. The Morgan fingerprint density at radius 2 is 2.04 bits per heavy atom. The second-order valence-electron chi connectivity index (χ2n) is 5.74. The number of nitrogens with one attached hydrogen (secondary N) is 1. The molecule has 0 radical (unpaired) electrons. The number of nitriles is 1. The first-order chi connectivity index (χ1) is 10.8. The highest BCUT2D eigenvalue weighted by molar-refractivity contribution is 5.36. The minimum absolute atomic E-state index is 0.170. The third-order valence-electron chi connectivity index (χ3n) is 4.03. The van der Waals surface area contributed by atoms with Crippen LogP contribution in [0.4, 0.5) is 13.2 Å². The van der Waals surface area contributed by atoms with Crippen LogP contribution in [-0.2, 0) is 10.3 Å². The van der Waals surface area contributed by atoms with Gasteiger partial charge in [-0.1, -0.05) is 12.1 Å². The van der Waals surface area contributed by atoms with Crippen molar-refractivity contribution in [2.75, 3.05) is 19.8 Å². The van der Waals surface area contributed by atoms with Crippen LogP contribution in [0.1, 0.15) is 30.4 Å². The van der Waals surface area contributed by atoms with Crippen LogP contribution in [0.15, 0.2) is 24.3 Å². The lowest BCUT2D eigenvalue weighted by Crippen LogP contribution is -2.49. The lowest BCUT2D eigenvalue weighted by molar-refractivity contribution is -0.153. The Bertz CT molecular complexity index is 563. The van der Waals surface area contributed by atoms with Gasteiger partial charge in [-0.15, -0.1) is 0 Å². The first-order valence-electron chi connectivity index (χ1n) is 7.43. The van der Waals surface area contributed by atoms with E-state index in [9.17, 15) is 18.3 Å².